The lowest BCUT2D eigenvalue weighted by atomic mass is 10.0. The molecule has 1 saturated heterocycles. The van der Waals surface area contributed by atoms with E-state index in [1.165, 1.54) is 12.1 Å². The standard InChI is InChI=1S/C22H33FN6O.HI/c1-3-24-22(25-15-18(2)17-29-10-4-9-27-29)26-16-21(28-11-13-30-14-12-28)19-5-7-20(23)8-6-19;/h4-10,18,21H,3,11-17H2,1-2H3,(H2,24,25,26);1H. The van der Waals surface area contributed by atoms with Crippen LogP contribution in [0, 0.1) is 11.7 Å². The van der Waals surface area contributed by atoms with Crippen LogP contribution >= 0.6 is 24.0 Å². The van der Waals surface area contributed by atoms with E-state index in [0.717, 1.165) is 50.9 Å². The van der Waals surface area contributed by atoms with Crippen LogP contribution < -0.4 is 10.6 Å². The second-order valence-electron chi connectivity index (χ2n) is 7.65. The lowest BCUT2D eigenvalue weighted by Gasteiger charge is -2.35. The number of hydrogen-bond acceptors (Lipinski definition) is 4. The summed E-state index contributed by atoms with van der Waals surface area (Å²) >= 11 is 0. The normalized spacial score (nSPS) is 16.9. The molecule has 2 aromatic rings. The van der Waals surface area contributed by atoms with Crippen molar-refractivity contribution in [2.75, 3.05) is 45.9 Å². The number of aromatic nitrogens is 2. The Balaban J connectivity index is 0.00000341. The summed E-state index contributed by atoms with van der Waals surface area (Å²) in [5.74, 6) is 0.950. The average molecular weight is 544 g/mol. The zero-order valence-electron chi connectivity index (χ0n) is 18.3. The highest BCUT2D eigenvalue weighted by Gasteiger charge is 2.23. The fraction of sp³-hybridized carbons (Fsp3) is 0.545. The number of benzene rings is 1. The van der Waals surface area contributed by atoms with Crippen LogP contribution in [0.2, 0.25) is 0 Å². The molecule has 1 aromatic carbocycles. The van der Waals surface area contributed by atoms with E-state index in [2.05, 4.69) is 34.5 Å². The summed E-state index contributed by atoms with van der Waals surface area (Å²) in [5, 5.41) is 11.1. The minimum absolute atomic E-state index is 0. The molecule has 9 heteroatoms. The summed E-state index contributed by atoms with van der Waals surface area (Å²) in [4.78, 5) is 7.15. The molecule has 2 atom stereocenters. The lowest BCUT2D eigenvalue weighted by Crippen LogP contribution is -2.46. The van der Waals surface area contributed by atoms with Gasteiger partial charge in [0, 0.05) is 51.7 Å². The molecule has 0 amide bonds. The Hall–Kier alpha value is -1.72. The largest absolute Gasteiger partial charge is 0.379 e. The topological polar surface area (TPSA) is 66.7 Å². The molecule has 1 aliphatic heterocycles. The number of aliphatic imine (C=N–C) groups is 1. The monoisotopic (exact) mass is 544 g/mol. The molecule has 0 saturated carbocycles. The summed E-state index contributed by atoms with van der Waals surface area (Å²) in [5.41, 5.74) is 1.09. The minimum atomic E-state index is -0.214. The van der Waals surface area contributed by atoms with E-state index in [9.17, 15) is 4.39 Å². The van der Waals surface area contributed by atoms with Gasteiger partial charge in [-0.05, 0) is 36.6 Å². The van der Waals surface area contributed by atoms with Crippen molar-refractivity contribution in [3.05, 3.63) is 54.1 Å². The highest BCUT2D eigenvalue weighted by molar-refractivity contribution is 14.0. The van der Waals surface area contributed by atoms with E-state index in [-0.39, 0.29) is 35.8 Å². The summed E-state index contributed by atoms with van der Waals surface area (Å²) in [6.07, 6.45) is 3.77. The van der Waals surface area contributed by atoms with Gasteiger partial charge in [0.2, 0.25) is 0 Å². The fourth-order valence-electron chi connectivity index (χ4n) is 3.60. The predicted molar refractivity (Wildman–Crippen MR) is 132 cm³/mol. The van der Waals surface area contributed by atoms with Gasteiger partial charge in [-0.3, -0.25) is 14.6 Å². The third-order valence-electron chi connectivity index (χ3n) is 5.17. The molecule has 172 valence electrons. The number of rotatable bonds is 9. The molecule has 1 fully saturated rings. The molecule has 1 aromatic heterocycles. The van der Waals surface area contributed by atoms with Gasteiger partial charge in [0.1, 0.15) is 5.82 Å². The molecule has 31 heavy (non-hydrogen) atoms. The van der Waals surface area contributed by atoms with E-state index in [1.54, 1.807) is 6.20 Å². The molecule has 2 heterocycles. The van der Waals surface area contributed by atoms with Crippen molar-refractivity contribution in [2.24, 2.45) is 10.9 Å². The van der Waals surface area contributed by atoms with Crippen molar-refractivity contribution in [1.29, 1.82) is 0 Å². The van der Waals surface area contributed by atoms with Crippen LogP contribution in [0.5, 0.6) is 0 Å². The van der Waals surface area contributed by atoms with Gasteiger partial charge in [0.15, 0.2) is 5.96 Å². The van der Waals surface area contributed by atoms with E-state index in [1.807, 2.05) is 29.1 Å². The Kier molecular flexibility index (Phi) is 11.2. The number of hydrogen-bond donors (Lipinski definition) is 2. The Morgan fingerprint density at radius 2 is 1.97 bits per heavy atom. The first-order valence-electron chi connectivity index (χ1n) is 10.7. The van der Waals surface area contributed by atoms with Crippen molar-refractivity contribution in [3.8, 4) is 0 Å². The Morgan fingerprint density at radius 3 is 2.61 bits per heavy atom. The van der Waals surface area contributed by atoms with Gasteiger partial charge in [0.05, 0.1) is 19.3 Å². The zero-order valence-corrected chi connectivity index (χ0v) is 20.7. The molecule has 2 N–H and O–H groups in total. The molecule has 1 aliphatic rings. The quantitative estimate of drug-likeness (QED) is 0.289. The Labute approximate surface area is 201 Å². The smallest absolute Gasteiger partial charge is 0.191 e. The molecule has 3 rings (SSSR count). The number of morpholine rings is 1. The molecule has 0 bridgehead atoms. The molecule has 0 radical (unpaired) electrons. The van der Waals surface area contributed by atoms with Gasteiger partial charge in [-0.15, -0.1) is 24.0 Å². The highest BCUT2D eigenvalue weighted by Crippen LogP contribution is 2.21. The molecule has 7 nitrogen and oxygen atoms in total. The number of nitrogens with zero attached hydrogens (tertiary/aromatic N) is 4. The van der Waals surface area contributed by atoms with Crippen LogP contribution in [0.25, 0.3) is 0 Å². The predicted octanol–water partition coefficient (Wildman–Crippen LogP) is 2.90. The lowest BCUT2D eigenvalue weighted by molar-refractivity contribution is 0.0170. The summed E-state index contributed by atoms with van der Waals surface area (Å²) in [7, 11) is 0. The van der Waals surface area contributed by atoms with Crippen LogP contribution in [0.1, 0.15) is 25.5 Å². The van der Waals surface area contributed by atoms with E-state index in [4.69, 9.17) is 9.73 Å². The van der Waals surface area contributed by atoms with Gasteiger partial charge >= 0.3 is 0 Å². The van der Waals surface area contributed by atoms with E-state index in [0.29, 0.717) is 19.0 Å². The van der Waals surface area contributed by atoms with Crippen LogP contribution in [0.4, 0.5) is 4.39 Å². The van der Waals surface area contributed by atoms with Gasteiger partial charge in [-0.2, -0.15) is 5.10 Å². The summed E-state index contributed by atoms with van der Waals surface area (Å²) in [6, 6.07) is 8.85. The summed E-state index contributed by atoms with van der Waals surface area (Å²) in [6.45, 7) is 10.4. The molecule has 0 spiro atoms. The van der Waals surface area contributed by atoms with Gasteiger partial charge in [0.25, 0.3) is 0 Å². The minimum Gasteiger partial charge on any atom is -0.379 e. The maximum Gasteiger partial charge on any atom is 0.191 e. The SMILES string of the molecule is CCNC(=NCC(C)Cn1cccn1)NCC(c1ccc(F)cc1)N1CCOCC1.I. The van der Waals surface area contributed by atoms with Crippen molar-refractivity contribution in [3.63, 3.8) is 0 Å². The zero-order chi connectivity index (χ0) is 21.2. The number of nitrogens with one attached hydrogen (secondary N) is 2. The second-order valence-corrected chi connectivity index (χ2v) is 7.65. The number of halogens is 2. The van der Waals surface area contributed by atoms with Gasteiger partial charge in [-0.1, -0.05) is 19.1 Å². The second kappa shape index (κ2) is 13.6. The van der Waals surface area contributed by atoms with Crippen molar-refractivity contribution in [1.82, 2.24) is 25.3 Å². The van der Waals surface area contributed by atoms with E-state index >= 15 is 0 Å². The number of ether oxygens (including phenoxy) is 1. The van der Waals surface area contributed by atoms with Crippen molar-refractivity contribution >= 4 is 29.9 Å². The van der Waals surface area contributed by atoms with Gasteiger partial charge < -0.3 is 15.4 Å². The molecule has 0 aliphatic carbocycles. The van der Waals surface area contributed by atoms with Crippen molar-refractivity contribution < 1.29 is 9.13 Å². The third kappa shape index (κ3) is 8.38. The Morgan fingerprint density at radius 1 is 1.23 bits per heavy atom. The first-order valence-corrected chi connectivity index (χ1v) is 10.7. The third-order valence-corrected chi connectivity index (χ3v) is 5.17. The average Bonchev–Trinajstić information content (AvgIpc) is 3.27. The first kappa shape index (κ1) is 25.5. The maximum absolute atomic E-state index is 13.4. The van der Waals surface area contributed by atoms with Crippen LogP contribution in [0.15, 0.2) is 47.7 Å². The van der Waals surface area contributed by atoms with Crippen molar-refractivity contribution in [2.45, 2.75) is 26.4 Å². The molecular weight excluding hydrogens is 510 g/mol. The highest BCUT2D eigenvalue weighted by atomic mass is 127. The fourth-order valence-corrected chi connectivity index (χ4v) is 3.60. The maximum atomic E-state index is 13.4. The van der Waals surface area contributed by atoms with E-state index < -0.39 is 0 Å². The molecular formula is C22H34FIN6O. The first-order chi connectivity index (χ1) is 14.7. The summed E-state index contributed by atoms with van der Waals surface area (Å²) < 4.78 is 20.9. The Bertz CT molecular complexity index is 765. The molecule has 2 unspecified atom stereocenters. The van der Waals surface area contributed by atoms with Gasteiger partial charge in [-0.25, -0.2) is 4.39 Å². The van der Waals surface area contributed by atoms with Crippen LogP contribution in [-0.2, 0) is 11.3 Å². The van der Waals surface area contributed by atoms with Crippen LogP contribution in [0.3, 0.4) is 0 Å². The number of guanidine groups is 1. The van der Waals surface area contributed by atoms with Crippen LogP contribution in [-0.4, -0.2) is 66.6 Å².